The molecule has 0 radical (unpaired) electrons. The van der Waals surface area contributed by atoms with Gasteiger partial charge in [-0.3, -0.25) is 14.3 Å². The van der Waals surface area contributed by atoms with Crippen LogP contribution in [0.5, 0.6) is 0 Å². The van der Waals surface area contributed by atoms with Gasteiger partial charge in [0.1, 0.15) is 5.69 Å². The highest BCUT2D eigenvalue weighted by atomic mass is 16.2. The summed E-state index contributed by atoms with van der Waals surface area (Å²) in [5.74, 6) is -0.507. The Morgan fingerprint density at radius 1 is 1.11 bits per heavy atom. The Kier molecular flexibility index (Phi) is 4.47. The number of aromatic nitrogens is 2. The van der Waals surface area contributed by atoms with E-state index in [4.69, 9.17) is 0 Å². The molecular formula is C12H20N4O2. The van der Waals surface area contributed by atoms with Crippen molar-refractivity contribution in [3.63, 3.8) is 0 Å². The van der Waals surface area contributed by atoms with Gasteiger partial charge in [0.05, 0.1) is 0 Å². The molecule has 1 aromatic heterocycles. The van der Waals surface area contributed by atoms with Crippen LogP contribution < -0.4 is 10.6 Å². The van der Waals surface area contributed by atoms with Crippen LogP contribution in [0.4, 0.5) is 0 Å². The van der Waals surface area contributed by atoms with Gasteiger partial charge in [0.2, 0.25) is 0 Å². The third-order valence-electron chi connectivity index (χ3n) is 2.18. The van der Waals surface area contributed by atoms with Gasteiger partial charge in [-0.15, -0.1) is 0 Å². The van der Waals surface area contributed by atoms with Crippen molar-refractivity contribution in [3.05, 3.63) is 17.5 Å². The van der Waals surface area contributed by atoms with Crippen LogP contribution in [-0.2, 0) is 7.05 Å². The Morgan fingerprint density at radius 2 is 1.61 bits per heavy atom. The van der Waals surface area contributed by atoms with E-state index in [-0.39, 0.29) is 29.6 Å². The molecule has 6 heteroatoms. The molecule has 2 amide bonds. The van der Waals surface area contributed by atoms with Gasteiger partial charge in [-0.1, -0.05) is 0 Å². The molecule has 2 N–H and O–H groups in total. The molecule has 1 rings (SSSR count). The number of nitrogens with zero attached hydrogens (tertiary/aromatic N) is 2. The average molecular weight is 252 g/mol. The SMILES string of the molecule is CC(C)NC(=O)c1cc(C(=O)NC(C)C)n(C)n1. The molecule has 100 valence electrons. The number of hydrogen-bond donors (Lipinski definition) is 2. The number of carbonyl (C=O) groups excluding carboxylic acids is 2. The Labute approximate surface area is 107 Å². The zero-order valence-electron chi connectivity index (χ0n) is 11.4. The van der Waals surface area contributed by atoms with Crippen LogP contribution in [0.15, 0.2) is 6.07 Å². The lowest BCUT2D eigenvalue weighted by Crippen LogP contribution is -2.31. The molecule has 1 aromatic rings. The number of carbonyl (C=O) groups is 2. The summed E-state index contributed by atoms with van der Waals surface area (Å²) >= 11 is 0. The summed E-state index contributed by atoms with van der Waals surface area (Å²) in [6.45, 7) is 7.49. The largest absolute Gasteiger partial charge is 0.349 e. The molecule has 0 unspecified atom stereocenters. The first kappa shape index (κ1) is 14.2. The van der Waals surface area contributed by atoms with Crippen molar-refractivity contribution in [3.8, 4) is 0 Å². The Balaban J connectivity index is 2.88. The molecule has 0 aliphatic rings. The van der Waals surface area contributed by atoms with Crippen molar-refractivity contribution in [2.24, 2.45) is 7.05 Å². The highest BCUT2D eigenvalue weighted by Crippen LogP contribution is 2.04. The number of rotatable bonds is 4. The Morgan fingerprint density at radius 3 is 2.11 bits per heavy atom. The molecule has 6 nitrogen and oxygen atoms in total. The van der Waals surface area contributed by atoms with E-state index in [0.29, 0.717) is 5.69 Å². The van der Waals surface area contributed by atoms with E-state index in [1.165, 1.54) is 10.7 Å². The zero-order valence-corrected chi connectivity index (χ0v) is 11.4. The second kappa shape index (κ2) is 5.66. The van der Waals surface area contributed by atoms with E-state index in [2.05, 4.69) is 15.7 Å². The first-order valence-corrected chi connectivity index (χ1v) is 5.97. The fraction of sp³-hybridized carbons (Fsp3) is 0.583. The quantitative estimate of drug-likeness (QED) is 0.828. The number of aryl methyl sites for hydroxylation is 1. The monoisotopic (exact) mass is 252 g/mol. The maximum Gasteiger partial charge on any atom is 0.272 e. The molecule has 0 atom stereocenters. The lowest BCUT2D eigenvalue weighted by Gasteiger charge is -2.07. The average Bonchev–Trinajstić information content (AvgIpc) is 2.58. The minimum Gasteiger partial charge on any atom is -0.349 e. The van der Waals surface area contributed by atoms with Crippen LogP contribution in [-0.4, -0.2) is 33.7 Å². The van der Waals surface area contributed by atoms with E-state index in [0.717, 1.165) is 0 Å². The van der Waals surface area contributed by atoms with Crippen molar-refractivity contribution < 1.29 is 9.59 Å². The molecule has 0 aliphatic heterocycles. The summed E-state index contributed by atoms with van der Waals surface area (Å²) in [6, 6.07) is 1.57. The first-order chi connectivity index (χ1) is 8.31. The summed E-state index contributed by atoms with van der Waals surface area (Å²) in [6.07, 6.45) is 0. The first-order valence-electron chi connectivity index (χ1n) is 5.97. The Bertz CT molecular complexity index is 449. The Hall–Kier alpha value is -1.85. The van der Waals surface area contributed by atoms with Crippen molar-refractivity contribution in [1.82, 2.24) is 20.4 Å². The van der Waals surface area contributed by atoms with Gasteiger partial charge in [-0.25, -0.2) is 0 Å². The molecule has 0 aliphatic carbocycles. The molecule has 0 fully saturated rings. The van der Waals surface area contributed by atoms with E-state index < -0.39 is 0 Å². The fourth-order valence-corrected chi connectivity index (χ4v) is 1.46. The third kappa shape index (κ3) is 3.58. The molecule has 0 spiro atoms. The van der Waals surface area contributed by atoms with Crippen LogP contribution in [0, 0.1) is 0 Å². The maximum atomic E-state index is 11.8. The van der Waals surface area contributed by atoms with Crippen LogP contribution >= 0.6 is 0 Å². The number of hydrogen-bond acceptors (Lipinski definition) is 3. The summed E-state index contributed by atoms with van der Waals surface area (Å²) in [7, 11) is 1.64. The summed E-state index contributed by atoms with van der Waals surface area (Å²) < 4.78 is 1.41. The van der Waals surface area contributed by atoms with E-state index in [1.54, 1.807) is 7.05 Å². The number of nitrogens with one attached hydrogen (secondary N) is 2. The van der Waals surface area contributed by atoms with Crippen molar-refractivity contribution in [2.75, 3.05) is 0 Å². The minimum atomic E-state index is -0.274. The minimum absolute atomic E-state index is 0.0347. The summed E-state index contributed by atoms with van der Waals surface area (Å²) in [4.78, 5) is 23.6. The molecule has 1 heterocycles. The lowest BCUT2D eigenvalue weighted by molar-refractivity contribution is 0.0927. The summed E-state index contributed by atoms with van der Waals surface area (Å²) in [5.41, 5.74) is 0.623. The highest BCUT2D eigenvalue weighted by Gasteiger charge is 2.18. The molecule has 0 bridgehead atoms. The van der Waals surface area contributed by atoms with Crippen LogP contribution in [0.3, 0.4) is 0 Å². The molecular weight excluding hydrogens is 232 g/mol. The smallest absolute Gasteiger partial charge is 0.272 e. The predicted molar refractivity (Wildman–Crippen MR) is 68.4 cm³/mol. The molecule has 0 saturated heterocycles. The molecule has 0 saturated carbocycles. The lowest BCUT2D eigenvalue weighted by atomic mass is 10.3. The molecule has 18 heavy (non-hydrogen) atoms. The topological polar surface area (TPSA) is 76.0 Å². The molecule has 0 aromatic carbocycles. The number of amides is 2. The van der Waals surface area contributed by atoms with Gasteiger partial charge in [0.15, 0.2) is 5.69 Å². The predicted octanol–water partition coefficient (Wildman–Crippen LogP) is 0.696. The third-order valence-corrected chi connectivity index (χ3v) is 2.18. The van der Waals surface area contributed by atoms with E-state index >= 15 is 0 Å². The van der Waals surface area contributed by atoms with Gasteiger partial charge in [-0.05, 0) is 27.7 Å². The highest BCUT2D eigenvalue weighted by molar-refractivity contribution is 5.98. The standard InChI is InChI=1S/C12H20N4O2/c1-7(2)13-11(17)9-6-10(16(5)15-9)12(18)14-8(3)4/h6-8H,1-5H3,(H,13,17)(H,14,18). The maximum absolute atomic E-state index is 11.8. The van der Waals surface area contributed by atoms with Crippen LogP contribution in [0.2, 0.25) is 0 Å². The van der Waals surface area contributed by atoms with Crippen LogP contribution in [0.25, 0.3) is 0 Å². The second-order valence-corrected chi connectivity index (χ2v) is 4.79. The fourth-order valence-electron chi connectivity index (χ4n) is 1.46. The van der Waals surface area contributed by atoms with Gasteiger partial charge >= 0.3 is 0 Å². The van der Waals surface area contributed by atoms with E-state index in [1.807, 2.05) is 27.7 Å². The zero-order chi connectivity index (χ0) is 13.9. The second-order valence-electron chi connectivity index (χ2n) is 4.79. The van der Waals surface area contributed by atoms with Crippen LogP contribution in [0.1, 0.15) is 48.7 Å². The van der Waals surface area contributed by atoms with Crippen molar-refractivity contribution in [1.29, 1.82) is 0 Å². The van der Waals surface area contributed by atoms with Gasteiger partial charge < -0.3 is 10.6 Å². The van der Waals surface area contributed by atoms with Gasteiger partial charge in [0, 0.05) is 25.2 Å². The van der Waals surface area contributed by atoms with Crippen molar-refractivity contribution in [2.45, 2.75) is 39.8 Å². The normalized spacial score (nSPS) is 10.8. The van der Waals surface area contributed by atoms with Gasteiger partial charge in [-0.2, -0.15) is 5.10 Å². The van der Waals surface area contributed by atoms with Crippen molar-refractivity contribution >= 4 is 11.8 Å². The van der Waals surface area contributed by atoms with E-state index in [9.17, 15) is 9.59 Å². The van der Waals surface area contributed by atoms with Gasteiger partial charge in [0.25, 0.3) is 11.8 Å². The summed E-state index contributed by atoms with van der Waals surface area (Å²) in [5, 5.41) is 9.53.